The molecule has 2 amide bonds. The van der Waals surface area contributed by atoms with Gasteiger partial charge in [0.1, 0.15) is 0 Å². The van der Waals surface area contributed by atoms with Crippen molar-refractivity contribution in [2.75, 3.05) is 49.6 Å². The van der Waals surface area contributed by atoms with Gasteiger partial charge in [0.2, 0.25) is 10.0 Å². The highest BCUT2D eigenvalue weighted by atomic mass is 32.2. The summed E-state index contributed by atoms with van der Waals surface area (Å²) >= 11 is 0. The summed E-state index contributed by atoms with van der Waals surface area (Å²) in [4.78, 5) is 14.7. The van der Waals surface area contributed by atoms with E-state index >= 15 is 0 Å². The average Bonchev–Trinajstić information content (AvgIpc) is 3.34. The minimum Gasteiger partial charge on any atom is -0.379 e. The van der Waals surface area contributed by atoms with Crippen LogP contribution >= 0.6 is 0 Å². The molecular weight excluding hydrogens is 480 g/mol. The number of amides is 2. The Kier molecular flexibility index (Phi) is 7.12. The van der Waals surface area contributed by atoms with Gasteiger partial charge < -0.3 is 15.0 Å². The third-order valence-electron chi connectivity index (χ3n) is 5.83. The Morgan fingerprint density at radius 1 is 0.882 bits per heavy atom. The number of nitrogens with zero attached hydrogens (tertiary/aromatic N) is 2. The average molecular weight is 509 g/mol. The molecule has 2 aliphatic heterocycles. The second-order valence-electron chi connectivity index (χ2n) is 8.26. The van der Waals surface area contributed by atoms with E-state index < -0.39 is 26.1 Å². The van der Waals surface area contributed by atoms with Gasteiger partial charge in [-0.05, 0) is 50.1 Å². The molecule has 0 radical (unpaired) electrons. The largest absolute Gasteiger partial charge is 0.379 e. The van der Waals surface area contributed by atoms with Crippen molar-refractivity contribution in [2.24, 2.45) is 0 Å². The van der Waals surface area contributed by atoms with Gasteiger partial charge in [0.15, 0.2) is 0 Å². The van der Waals surface area contributed by atoms with Crippen LogP contribution in [0.2, 0.25) is 0 Å². The van der Waals surface area contributed by atoms with Gasteiger partial charge in [0.05, 0.1) is 34.4 Å². The zero-order chi connectivity index (χ0) is 24.3. The Labute approximate surface area is 200 Å². The summed E-state index contributed by atoms with van der Waals surface area (Å²) in [6.07, 6.45) is 1.95. The number of anilines is 2. The molecule has 10 nitrogen and oxygen atoms in total. The number of carbonyl (C=O) groups excluding carboxylic acids is 1. The van der Waals surface area contributed by atoms with E-state index in [9.17, 15) is 21.6 Å². The van der Waals surface area contributed by atoms with Gasteiger partial charge in [-0.15, -0.1) is 0 Å². The number of ether oxygens (including phenoxy) is 1. The number of hydrogen-bond donors (Lipinski definition) is 2. The molecule has 0 spiro atoms. The molecule has 2 fully saturated rings. The lowest BCUT2D eigenvalue weighted by Crippen LogP contribution is -2.40. The molecule has 2 saturated heterocycles. The lowest BCUT2D eigenvalue weighted by atomic mass is 10.2. The maximum absolute atomic E-state index is 13.1. The maximum atomic E-state index is 13.1. The van der Waals surface area contributed by atoms with Crippen molar-refractivity contribution in [1.82, 2.24) is 9.03 Å². The molecule has 0 bridgehead atoms. The molecule has 0 saturated carbocycles. The fourth-order valence-electron chi connectivity index (χ4n) is 3.99. The highest BCUT2D eigenvalue weighted by Gasteiger charge is 2.28. The first-order valence-electron chi connectivity index (χ1n) is 11.0. The summed E-state index contributed by atoms with van der Waals surface area (Å²) in [6.45, 7) is 4.46. The van der Waals surface area contributed by atoms with E-state index in [1.54, 1.807) is 18.2 Å². The molecule has 0 atom stereocenters. The zero-order valence-electron chi connectivity index (χ0n) is 18.9. The van der Waals surface area contributed by atoms with Crippen LogP contribution in [-0.2, 0) is 24.8 Å². The van der Waals surface area contributed by atoms with Gasteiger partial charge in [-0.2, -0.15) is 4.31 Å². The summed E-state index contributed by atoms with van der Waals surface area (Å²) < 4.78 is 60.1. The number of aryl methyl sites for hydroxylation is 1. The van der Waals surface area contributed by atoms with Crippen LogP contribution < -0.4 is 14.9 Å². The Morgan fingerprint density at radius 3 is 2.15 bits per heavy atom. The fourth-order valence-corrected chi connectivity index (χ4v) is 6.33. The zero-order valence-corrected chi connectivity index (χ0v) is 20.5. The van der Waals surface area contributed by atoms with Crippen molar-refractivity contribution >= 4 is 37.5 Å². The van der Waals surface area contributed by atoms with Crippen molar-refractivity contribution in [3.05, 3.63) is 48.0 Å². The SMILES string of the molecule is Cc1ccc(S(=O)(=O)NC(=O)Nc2cc(S(=O)(=O)N3CCOCC3)ccc2N2CCCC2)cc1. The predicted octanol–water partition coefficient (Wildman–Crippen LogP) is 2.13. The lowest BCUT2D eigenvalue weighted by molar-refractivity contribution is 0.0730. The Morgan fingerprint density at radius 2 is 1.50 bits per heavy atom. The first-order chi connectivity index (χ1) is 16.2. The molecule has 2 aromatic rings. The first kappa shape index (κ1) is 24.5. The van der Waals surface area contributed by atoms with Crippen LogP contribution in [0.25, 0.3) is 0 Å². The van der Waals surface area contributed by atoms with Crippen molar-refractivity contribution in [1.29, 1.82) is 0 Å². The molecule has 2 N–H and O–H groups in total. The first-order valence-corrected chi connectivity index (χ1v) is 14.0. The normalized spacial score (nSPS) is 17.5. The van der Waals surface area contributed by atoms with Crippen LogP contribution in [0.1, 0.15) is 18.4 Å². The molecule has 184 valence electrons. The summed E-state index contributed by atoms with van der Waals surface area (Å²) in [6, 6.07) is 9.69. The van der Waals surface area contributed by atoms with Crippen LogP contribution in [0, 0.1) is 6.92 Å². The Hall–Kier alpha value is -2.67. The molecule has 0 aromatic heterocycles. The number of carbonyl (C=O) groups is 1. The molecule has 2 heterocycles. The highest BCUT2D eigenvalue weighted by molar-refractivity contribution is 7.90. The molecule has 0 aliphatic carbocycles. The van der Waals surface area contributed by atoms with Gasteiger partial charge in [-0.1, -0.05) is 17.7 Å². The molecule has 12 heteroatoms. The number of urea groups is 1. The molecule has 4 rings (SSSR count). The molecule has 2 aromatic carbocycles. The highest BCUT2D eigenvalue weighted by Crippen LogP contribution is 2.32. The van der Waals surface area contributed by atoms with Crippen molar-refractivity contribution in [2.45, 2.75) is 29.6 Å². The van der Waals surface area contributed by atoms with Crippen LogP contribution in [0.3, 0.4) is 0 Å². The lowest BCUT2D eigenvalue weighted by Gasteiger charge is -2.27. The smallest absolute Gasteiger partial charge is 0.333 e. The summed E-state index contributed by atoms with van der Waals surface area (Å²) in [7, 11) is -7.90. The van der Waals surface area contributed by atoms with Crippen LogP contribution in [0.4, 0.5) is 16.2 Å². The minimum absolute atomic E-state index is 0.0223. The standard InChI is InChI=1S/C22H28N4O6S2/c1-17-4-6-18(7-5-17)33(28,29)24-22(27)23-20-16-19(8-9-21(20)25-10-2-3-11-25)34(30,31)26-12-14-32-15-13-26/h4-9,16H,2-3,10-15H2,1H3,(H2,23,24,27). The third-order valence-corrected chi connectivity index (χ3v) is 9.07. The Bertz CT molecular complexity index is 1250. The second-order valence-corrected chi connectivity index (χ2v) is 11.9. The van der Waals surface area contributed by atoms with Crippen LogP contribution in [0.5, 0.6) is 0 Å². The maximum Gasteiger partial charge on any atom is 0.333 e. The topological polar surface area (TPSA) is 125 Å². The van der Waals surface area contributed by atoms with Crippen molar-refractivity contribution in [3.8, 4) is 0 Å². The van der Waals surface area contributed by atoms with Crippen molar-refractivity contribution in [3.63, 3.8) is 0 Å². The van der Waals surface area contributed by atoms with Crippen LogP contribution in [-0.4, -0.2) is 66.6 Å². The minimum atomic E-state index is -4.10. The van der Waals surface area contributed by atoms with Gasteiger partial charge in [0.25, 0.3) is 10.0 Å². The van der Waals surface area contributed by atoms with Gasteiger partial charge in [0, 0.05) is 26.2 Å². The van der Waals surface area contributed by atoms with E-state index in [4.69, 9.17) is 4.74 Å². The number of sulfonamides is 2. The second kappa shape index (κ2) is 9.90. The number of hydrogen-bond acceptors (Lipinski definition) is 7. The molecular formula is C22H28N4O6S2. The third kappa shape index (κ3) is 5.35. The van der Waals surface area contributed by atoms with E-state index in [0.717, 1.165) is 31.5 Å². The quantitative estimate of drug-likeness (QED) is 0.612. The number of morpholine rings is 1. The summed E-state index contributed by atoms with van der Waals surface area (Å²) in [5, 5.41) is 2.56. The van der Waals surface area contributed by atoms with E-state index in [2.05, 4.69) is 5.32 Å². The molecule has 2 aliphatic rings. The number of benzene rings is 2. The monoisotopic (exact) mass is 508 g/mol. The summed E-state index contributed by atoms with van der Waals surface area (Å²) in [5.41, 5.74) is 1.76. The number of nitrogens with one attached hydrogen (secondary N) is 2. The van der Waals surface area contributed by atoms with Crippen molar-refractivity contribution < 1.29 is 26.4 Å². The predicted molar refractivity (Wildman–Crippen MR) is 128 cm³/mol. The number of rotatable bonds is 6. The van der Waals surface area contributed by atoms with E-state index in [-0.39, 0.29) is 28.6 Å². The summed E-state index contributed by atoms with van der Waals surface area (Å²) in [5.74, 6) is 0. The van der Waals surface area contributed by atoms with E-state index in [0.29, 0.717) is 18.9 Å². The van der Waals surface area contributed by atoms with Crippen LogP contribution in [0.15, 0.2) is 52.3 Å². The van der Waals surface area contributed by atoms with Gasteiger partial charge >= 0.3 is 6.03 Å². The van der Waals surface area contributed by atoms with Gasteiger partial charge in [-0.3, -0.25) is 0 Å². The fraction of sp³-hybridized carbons (Fsp3) is 0.409. The molecule has 34 heavy (non-hydrogen) atoms. The van der Waals surface area contributed by atoms with E-state index in [1.165, 1.54) is 28.6 Å². The van der Waals surface area contributed by atoms with E-state index in [1.807, 2.05) is 16.5 Å². The van der Waals surface area contributed by atoms with Gasteiger partial charge in [-0.25, -0.2) is 26.4 Å². The molecule has 0 unspecified atom stereocenters. The Balaban J connectivity index is 1.61.